The molecule has 0 aliphatic carbocycles. The lowest BCUT2D eigenvalue weighted by molar-refractivity contribution is -0.112. The van der Waals surface area contributed by atoms with Crippen LogP contribution in [0.15, 0.2) is 41.5 Å². The van der Waals surface area contributed by atoms with Gasteiger partial charge in [-0.15, -0.1) is 0 Å². The number of methoxy groups -OCH3 is 2. The fourth-order valence-electron chi connectivity index (χ4n) is 5.09. The number of carbonyl (C=O) groups is 2. The molecule has 9 N–H and O–H groups in total. The number of benzene rings is 1. The maximum atomic E-state index is 13.0. The second-order valence-corrected chi connectivity index (χ2v) is 11.2. The van der Waals surface area contributed by atoms with E-state index < -0.39 is 55.0 Å². The van der Waals surface area contributed by atoms with Crippen LogP contribution in [0.5, 0.6) is 11.5 Å². The van der Waals surface area contributed by atoms with Crippen molar-refractivity contribution in [1.29, 1.82) is 0 Å². The number of ether oxygens (including phenoxy) is 3. The number of nitrogens with two attached hydrogens (primary N) is 1. The van der Waals surface area contributed by atoms with E-state index in [4.69, 9.17) is 19.9 Å². The highest BCUT2D eigenvalue weighted by Crippen LogP contribution is 2.42. The standard InChI is InChI=1S/C31H47N3O10/c1-16-10-21-26(33-14-20(36)15-35)23(37)13-22(28(21)39)34-30(40)17(2)8-7-9-24(42-5)29(44-31(32)41)19(4)12-18(3)27(38)25(11-16)43-6/h7-9,12-13,16,18,20,24-25,27,29,33,35-39H,10-11,14-15H2,1-6H3,(H2,32,41)(H,34,40)/b9-7-,17-8-,19-12-/t16-,18+,20+,24-,25-,27+,29+/m1/s1. The third-order valence-corrected chi connectivity index (χ3v) is 7.56. The second-order valence-electron chi connectivity index (χ2n) is 11.2. The number of carbonyl (C=O) groups excluding carboxylic acids is 2. The molecule has 2 rings (SSSR count). The number of aromatic hydroxyl groups is 2. The molecule has 13 nitrogen and oxygen atoms in total. The van der Waals surface area contributed by atoms with E-state index in [1.165, 1.54) is 26.4 Å². The summed E-state index contributed by atoms with van der Waals surface area (Å²) >= 11 is 0. The van der Waals surface area contributed by atoms with Gasteiger partial charge in [0.2, 0.25) is 0 Å². The first-order valence-corrected chi connectivity index (χ1v) is 14.4. The Balaban J connectivity index is 2.66. The number of nitrogens with one attached hydrogen (secondary N) is 2. The first kappa shape index (κ1) is 36.6. The number of allylic oxidation sites excluding steroid dienone is 2. The van der Waals surface area contributed by atoms with Crippen molar-refractivity contribution in [2.24, 2.45) is 17.6 Å². The van der Waals surface area contributed by atoms with E-state index in [0.717, 1.165) is 0 Å². The molecule has 0 unspecified atom stereocenters. The monoisotopic (exact) mass is 621 g/mol. The highest BCUT2D eigenvalue weighted by molar-refractivity contribution is 6.04. The Morgan fingerprint density at radius 2 is 1.89 bits per heavy atom. The number of aliphatic hydroxyl groups is 3. The zero-order valence-electron chi connectivity index (χ0n) is 26.1. The van der Waals surface area contributed by atoms with Crippen molar-refractivity contribution in [3.63, 3.8) is 0 Å². The lowest BCUT2D eigenvalue weighted by Crippen LogP contribution is -2.37. The fourth-order valence-corrected chi connectivity index (χ4v) is 5.09. The summed E-state index contributed by atoms with van der Waals surface area (Å²) in [5, 5.41) is 58.0. The quantitative estimate of drug-likeness (QED) is 0.126. The molecule has 2 bridgehead atoms. The number of rotatable bonds is 7. The smallest absolute Gasteiger partial charge is 0.405 e. The number of hydrogen-bond donors (Lipinski definition) is 8. The maximum absolute atomic E-state index is 13.0. The van der Waals surface area contributed by atoms with E-state index in [-0.39, 0.29) is 52.9 Å². The summed E-state index contributed by atoms with van der Waals surface area (Å²) in [5.74, 6) is -1.85. The molecule has 2 amide bonds. The maximum Gasteiger partial charge on any atom is 0.405 e. The molecule has 0 aromatic heterocycles. The van der Waals surface area contributed by atoms with E-state index in [0.29, 0.717) is 12.0 Å². The molecule has 13 heteroatoms. The van der Waals surface area contributed by atoms with Gasteiger partial charge in [0.1, 0.15) is 17.6 Å². The molecule has 0 radical (unpaired) electrons. The summed E-state index contributed by atoms with van der Waals surface area (Å²) in [6.07, 6.45) is 1.40. The molecule has 1 aliphatic rings. The van der Waals surface area contributed by atoms with Crippen LogP contribution in [0.25, 0.3) is 0 Å². The van der Waals surface area contributed by atoms with Crippen LogP contribution in [0.2, 0.25) is 0 Å². The van der Waals surface area contributed by atoms with Gasteiger partial charge in [0.25, 0.3) is 5.91 Å². The summed E-state index contributed by atoms with van der Waals surface area (Å²) in [6.45, 7) is 6.31. The number of hydrogen-bond acceptors (Lipinski definition) is 11. The molecule has 0 saturated carbocycles. The Kier molecular flexibility index (Phi) is 14.1. The molecule has 1 aliphatic heterocycles. The number of aliphatic hydroxyl groups excluding tert-OH is 3. The Labute approximate surface area is 258 Å². The number of amides is 2. The number of primary amides is 1. The van der Waals surface area contributed by atoms with Crippen LogP contribution in [0, 0.1) is 11.8 Å². The molecule has 7 atom stereocenters. The molecule has 0 saturated heterocycles. The van der Waals surface area contributed by atoms with Crippen molar-refractivity contribution in [1.82, 2.24) is 0 Å². The topological polar surface area (TPSA) is 213 Å². The Bertz CT molecular complexity index is 1230. The average Bonchev–Trinajstić information content (AvgIpc) is 2.97. The minimum atomic E-state index is -1.12. The SMILES string of the molecule is CO[C@@H]1/C=C\C=C(\C)C(=O)Nc2cc(O)c(NC[C@H](O)CO)c(c2O)C[C@@H](C)C[C@@H](OC)[C@@H](O)[C@@H](C)/C=C(/C)[C@@H]1OC(N)=O. The Morgan fingerprint density at radius 3 is 2.48 bits per heavy atom. The van der Waals surface area contributed by atoms with Crippen LogP contribution < -0.4 is 16.4 Å². The summed E-state index contributed by atoms with van der Waals surface area (Å²) in [7, 11) is 2.90. The predicted octanol–water partition coefficient (Wildman–Crippen LogP) is 2.32. The zero-order valence-corrected chi connectivity index (χ0v) is 26.1. The van der Waals surface area contributed by atoms with E-state index in [1.807, 2.05) is 6.92 Å². The van der Waals surface area contributed by atoms with Gasteiger partial charge in [-0.3, -0.25) is 4.79 Å². The summed E-state index contributed by atoms with van der Waals surface area (Å²) in [5.41, 5.74) is 6.52. The first-order chi connectivity index (χ1) is 20.7. The van der Waals surface area contributed by atoms with Crippen LogP contribution >= 0.6 is 0 Å². The Morgan fingerprint density at radius 1 is 1.20 bits per heavy atom. The van der Waals surface area contributed by atoms with Crippen LogP contribution in [0.1, 0.15) is 39.7 Å². The van der Waals surface area contributed by atoms with Gasteiger partial charge in [0.15, 0.2) is 6.10 Å². The number of phenolic OH excluding ortho intramolecular Hbond substituents is 2. The number of fused-ring (bicyclic) bond motifs is 2. The highest BCUT2D eigenvalue weighted by Gasteiger charge is 2.30. The molecule has 1 aromatic rings. The normalized spacial score (nSPS) is 29.3. The van der Waals surface area contributed by atoms with E-state index >= 15 is 0 Å². The summed E-state index contributed by atoms with van der Waals surface area (Å²) in [4.78, 5) is 24.8. The van der Waals surface area contributed by atoms with E-state index in [2.05, 4.69) is 10.6 Å². The van der Waals surface area contributed by atoms with Crippen molar-refractivity contribution in [2.75, 3.05) is 38.0 Å². The molecule has 0 spiro atoms. The van der Waals surface area contributed by atoms with E-state index in [9.17, 15) is 35.1 Å². The Hall–Kier alpha value is -3.62. The number of anilines is 2. The lowest BCUT2D eigenvalue weighted by atomic mass is 9.87. The fraction of sp³-hybridized carbons (Fsp3) is 0.548. The van der Waals surface area contributed by atoms with Gasteiger partial charge < -0.3 is 56.1 Å². The zero-order chi connectivity index (χ0) is 33.1. The minimum Gasteiger partial charge on any atom is -0.506 e. The molecular weight excluding hydrogens is 574 g/mol. The van der Waals surface area contributed by atoms with Gasteiger partial charge in [-0.05, 0) is 38.2 Å². The van der Waals surface area contributed by atoms with Crippen LogP contribution in [-0.2, 0) is 25.4 Å². The third-order valence-electron chi connectivity index (χ3n) is 7.56. The third kappa shape index (κ3) is 9.96. The van der Waals surface area contributed by atoms with Gasteiger partial charge in [0.05, 0.1) is 36.3 Å². The molecule has 1 heterocycles. The average molecular weight is 622 g/mol. The van der Waals surface area contributed by atoms with Crippen LogP contribution in [-0.4, -0.2) is 95.4 Å². The summed E-state index contributed by atoms with van der Waals surface area (Å²) < 4.78 is 16.6. The van der Waals surface area contributed by atoms with Crippen molar-refractivity contribution in [3.8, 4) is 11.5 Å². The minimum absolute atomic E-state index is 0.0425. The number of phenols is 2. The van der Waals surface area contributed by atoms with Crippen LogP contribution in [0.4, 0.5) is 16.2 Å². The van der Waals surface area contributed by atoms with Crippen molar-refractivity contribution >= 4 is 23.4 Å². The van der Waals surface area contributed by atoms with Crippen molar-refractivity contribution in [2.45, 2.75) is 71.1 Å². The van der Waals surface area contributed by atoms with Gasteiger partial charge in [-0.1, -0.05) is 38.2 Å². The first-order valence-electron chi connectivity index (χ1n) is 14.4. The van der Waals surface area contributed by atoms with Crippen molar-refractivity contribution in [3.05, 3.63) is 47.1 Å². The van der Waals surface area contributed by atoms with Crippen LogP contribution in [0.3, 0.4) is 0 Å². The summed E-state index contributed by atoms with van der Waals surface area (Å²) in [6, 6.07) is 1.19. The molecule has 44 heavy (non-hydrogen) atoms. The molecular formula is C31H47N3O10. The molecule has 0 fully saturated rings. The predicted molar refractivity (Wildman–Crippen MR) is 165 cm³/mol. The van der Waals surface area contributed by atoms with Gasteiger partial charge in [-0.2, -0.15) is 0 Å². The second kappa shape index (κ2) is 17.0. The van der Waals surface area contributed by atoms with Crippen molar-refractivity contribution < 1.29 is 49.3 Å². The van der Waals surface area contributed by atoms with E-state index in [1.54, 1.807) is 39.0 Å². The largest absolute Gasteiger partial charge is 0.506 e. The van der Waals surface area contributed by atoms with Gasteiger partial charge in [-0.25, -0.2) is 4.79 Å². The molecule has 246 valence electrons. The molecule has 1 aromatic carbocycles. The van der Waals surface area contributed by atoms with Gasteiger partial charge in [0, 0.05) is 43.9 Å². The van der Waals surface area contributed by atoms with Gasteiger partial charge >= 0.3 is 6.09 Å². The lowest BCUT2D eigenvalue weighted by Gasteiger charge is -2.29. The highest BCUT2D eigenvalue weighted by atomic mass is 16.6.